The minimum atomic E-state index is -0.258. The summed E-state index contributed by atoms with van der Waals surface area (Å²) in [7, 11) is 2.16. The van der Waals surface area contributed by atoms with Crippen molar-refractivity contribution in [2.75, 3.05) is 44.7 Å². The number of piperazine rings is 1. The highest BCUT2D eigenvalue weighted by molar-refractivity contribution is 5.70. The summed E-state index contributed by atoms with van der Waals surface area (Å²) in [5.41, 5.74) is 4.34. The number of benzene rings is 2. The van der Waals surface area contributed by atoms with Crippen molar-refractivity contribution in [3.05, 3.63) is 84.1 Å². The Morgan fingerprint density at radius 3 is 2.31 bits per heavy atom. The third kappa shape index (κ3) is 4.46. The molecule has 5 rings (SSSR count). The van der Waals surface area contributed by atoms with Crippen molar-refractivity contribution >= 4 is 11.9 Å². The molecule has 3 heterocycles. The molecule has 0 spiro atoms. The van der Waals surface area contributed by atoms with Crippen molar-refractivity contribution in [3.8, 4) is 11.1 Å². The van der Waals surface area contributed by atoms with Crippen molar-refractivity contribution in [1.82, 2.24) is 14.8 Å². The monoisotopic (exact) mass is 428 g/mol. The highest BCUT2D eigenvalue weighted by Crippen LogP contribution is 2.28. The quantitative estimate of drug-likeness (QED) is 0.610. The summed E-state index contributed by atoms with van der Waals surface area (Å²) in [6.07, 6.45) is 1.49. The summed E-state index contributed by atoms with van der Waals surface area (Å²) in [6.45, 7) is 5.29. The predicted molar refractivity (Wildman–Crippen MR) is 125 cm³/mol. The Kier molecular flexibility index (Phi) is 5.77. The van der Waals surface area contributed by atoms with Gasteiger partial charge in [-0.15, -0.1) is 0 Å². The Labute approximate surface area is 189 Å². The minimum Gasteiger partial charge on any atom is -0.439 e. The number of carbonyl (C=O) groups excluding carboxylic acids is 1. The van der Waals surface area contributed by atoms with Crippen LogP contribution in [-0.2, 0) is 11.3 Å². The van der Waals surface area contributed by atoms with Crippen molar-refractivity contribution in [3.63, 3.8) is 0 Å². The van der Waals surface area contributed by atoms with Gasteiger partial charge in [0.1, 0.15) is 11.9 Å². The molecule has 0 bridgehead atoms. The molecule has 1 atom stereocenters. The van der Waals surface area contributed by atoms with Gasteiger partial charge in [-0.1, -0.05) is 54.6 Å². The van der Waals surface area contributed by atoms with Gasteiger partial charge in [-0.25, -0.2) is 9.78 Å². The second kappa shape index (κ2) is 9.01. The second-order valence-electron chi connectivity index (χ2n) is 8.56. The van der Waals surface area contributed by atoms with E-state index in [1.165, 1.54) is 0 Å². The van der Waals surface area contributed by atoms with E-state index in [0.29, 0.717) is 13.1 Å². The number of hydrogen-bond donors (Lipinski definition) is 0. The van der Waals surface area contributed by atoms with Crippen LogP contribution in [0.4, 0.5) is 10.6 Å². The molecule has 0 aliphatic carbocycles. The summed E-state index contributed by atoms with van der Waals surface area (Å²) in [4.78, 5) is 23.5. The molecule has 2 aromatic carbocycles. The highest BCUT2D eigenvalue weighted by Gasteiger charge is 2.32. The standard InChI is InChI=1S/C26H28N4O2/c1-28-13-15-29(16-14-28)25-12-11-23(17-27-25)21-9-7-20(8-10-21)18-30-19-24(32-26(30)31)22-5-3-2-4-6-22/h2-12,17,24H,13-16,18-19H2,1H3/t24-/m0/s1. The summed E-state index contributed by atoms with van der Waals surface area (Å²) < 4.78 is 5.56. The number of anilines is 1. The maximum absolute atomic E-state index is 12.3. The first-order valence-electron chi connectivity index (χ1n) is 11.1. The summed E-state index contributed by atoms with van der Waals surface area (Å²) in [5.74, 6) is 1.04. The van der Waals surface area contributed by atoms with Gasteiger partial charge in [-0.2, -0.15) is 0 Å². The van der Waals surface area contributed by atoms with E-state index in [1.54, 1.807) is 4.90 Å². The fourth-order valence-electron chi connectivity index (χ4n) is 4.28. The molecular formula is C26H28N4O2. The molecular weight excluding hydrogens is 400 g/mol. The van der Waals surface area contributed by atoms with Crippen LogP contribution in [0.25, 0.3) is 11.1 Å². The first-order valence-corrected chi connectivity index (χ1v) is 11.1. The number of rotatable bonds is 5. The number of likely N-dealkylation sites (N-methyl/N-ethyl adjacent to an activating group) is 1. The molecule has 0 radical (unpaired) electrons. The van der Waals surface area contributed by atoms with Crippen molar-refractivity contribution in [2.45, 2.75) is 12.6 Å². The van der Waals surface area contributed by atoms with Crippen LogP contribution in [0.2, 0.25) is 0 Å². The van der Waals surface area contributed by atoms with E-state index in [1.807, 2.05) is 36.5 Å². The molecule has 0 saturated carbocycles. The molecule has 6 heteroatoms. The van der Waals surface area contributed by atoms with Crippen molar-refractivity contribution in [2.24, 2.45) is 0 Å². The van der Waals surface area contributed by atoms with Gasteiger partial charge in [0.2, 0.25) is 0 Å². The van der Waals surface area contributed by atoms with Crippen LogP contribution in [0.15, 0.2) is 72.9 Å². The molecule has 6 nitrogen and oxygen atoms in total. The van der Waals surface area contributed by atoms with Gasteiger partial charge >= 0.3 is 6.09 Å². The van der Waals surface area contributed by atoms with Crippen molar-refractivity contribution < 1.29 is 9.53 Å². The minimum absolute atomic E-state index is 0.201. The van der Waals surface area contributed by atoms with E-state index in [4.69, 9.17) is 9.72 Å². The number of ether oxygens (including phenoxy) is 1. The molecule has 32 heavy (non-hydrogen) atoms. The summed E-state index contributed by atoms with van der Waals surface area (Å²) in [5, 5.41) is 0. The lowest BCUT2D eigenvalue weighted by Crippen LogP contribution is -2.44. The van der Waals surface area contributed by atoms with E-state index in [2.05, 4.69) is 53.2 Å². The molecule has 1 aromatic heterocycles. The SMILES string of the molecule is CN1CCN(c2ccc(-c3ccc(CN4C[C@@H](c5ccccc5)OC4=O)cc3)cn2)CC1. The molecule has 0 unspecified atom stereocenters. The average Bonchev–Trinajstić information content (AvgIpc) is 3.21. The molecule has 0 N–H and O–H groups in total. The van der Waals surface area contributed by atoms with E-state index in [-0.39, 0.29) is 12.2 Å². The zero-order chi connectivity index (χ0) is 21.9. The van der Waals surface area contributed by atoms with E-state index < -0.39 is 0 Å². The Bertz CT molecular complexity index is 1050. The Balaban J connectivity index is 1.21. The topological polar surface area (TPSA) is 48.9 Å². The Morgan fingerprint density at radius 2 is 1.62 bits per heavy atom. The van der Waals surface area contributed by atoms with Gasteiger partial charge < -0.3 is 14.5 Å². The summed E-state index contributed by atoms with van der Waals surface area (Å²) in [6, 6.07) is 22.5. The number of cyclic esters (lactones) is 1. The molecule has 1 amide bonds. The molecule has 2 aliphatic heterocycles. The van der Waals surface area contributed by atoms with Gasteiger partial charge in [-0.05, 0) is 35.9 Å². The lowest BCUT2D eigenvalue weighted by molar-refractivity contribution is 0.132. The number of nitrogens with zero attached hydrogens (tertiary/aromatic N) is 4. The van der Waals surface area contributed by atoms with Gasteiger partial charge in [0.25, 0.3) is 0 Å². The average molecular weight is 429 g/mol. The van der Waals surface area contributed by atoms with Crippen LogP contribution in [0, 0.1) is 0 Å². The zero-order valence-electron chi connectivity index (χ0n) is 18.4. The van der Waals surface area contributed by atoms with E-state index in [9.17, 15) is 4.79 Å². The molecule has 2 saturated heterocycles. The van der Waals surface area contributed by atoms with Crippen LogP contribution in [0.3, 0.4) is 0 Å². The van der Waals surface area contributed by atoms with Crippen LogP contribution in [0.5, 0.6) is 0 Å². The highest BCUT2D eigenvalue weighted by atomic mass is 16.6. The van der Waals surface area contributed by atoms with Gasteiger partial charge in [0.15, 0.2) is 0 Å². The van der Waals surface area contributed by atoms with Gasteiger partial charge in [0, 0.05) is 44.5 Å². The number of carbonyl (C=O) groups is 1. The van der Waals surface area contributed by atoms with E-state index in [0.717, 1.165) is 54.3 Å². The number of amides is 1. The lowest BCUT2D eigenvalue weighted by Gasteiger charge is -2.33. The van der Waals surface area contributed by atoms with Crippen LogP contribution in [0.1, 0.15) is 17.2 Å². The molecule has 2 fully saturated rings. The fourth-order valence-corrected chi connectivity index (χ4v) is 4.28. The summed E-state index contributed by atoms with van der Waals surface area (Å²) >= 11 is 0. The molecule has 164 valence electrons. The lowest BCUT2D eigenvalue weighted by atomic mass is 10.1. The normalized spacial score (nSPS) is 19.3. The third-order valence-electron chi connectivity index (χ3n) is 6.29. The fraction of sp³-hybridized carbons (Fsp3) is 0.308. The van der Waals surface area contributed by atoms with Crippen LogP contribution in [-0.4, -0.2) is 60.6 Å². The Morgan fingerprint density at radius 1 is 0.906 bits per heavy atom. The second-order valence-corrected chi connectivity index (χ2v) is 8.56. The first kappa shape index (κ1) is 20.5. The van der Waals surface area contributed by atoms with Crippen LogP contribution < -0.4 is 4.90 Å². The van der Waals surface area contributed by atoms with E-state index >= 15 is 0 Å². The first-order chi connectivity index (χ1) is 15.7. The van der Waals surface area contributed by atoms with Crippen molar-refractivity contribution in [1.29, 1.82) is 0 Å². The maximum atomic E-state index is 12.3. The Hall–Kier alpha value is -3.38. The maximum Gasteiger partial charge on any atom is 0.410 e. The zero-order valence-corrected chi connectivity index (χ0v) is 18.4. The number of aromatic nitrogens is 1. The smallest absolute Gasteiger partial charge is 0.410 e. The number of pyridine rings is 1. The third-order valence-corrected chi connectivity index (χ3v) is 6.29. The predicted octanol–water partition coefficient (Wildman–Crippen LogP) is 4.19. The van der Waals surface area contributed by atoms with Gasteiger partial charge in [-0.3, -0.25) is 4.90 Å². The largest absolute Gasteiger partial charge is 0.439 e. The van der Waals surface area contributed by atoms with Gasteiger partial charge in [0.05, 0.1) is 6.54 Å². The molecule has 3 aromatic rings. The number of hydrogen-bond acceptors (Lipinski definition) is 5. The van der Waals surface area contributed by atoms with Crippen LogP contribution >= 0.6 is 0 Å². The molecule has 2 aliphatic rings.